The van der Waals surface area contributed by atoms with Crippen LogP contribution in [0.2, 0.25) is 5.02 Å². The number of nitrogens with one attached hydrogen (secondary N) is 2. The molecule has 0 unspecified atom stereocenters. The summed E-state index contributed by atoms with van der Waals surface area (Å²) in [5.74, 6) is 2.62. The summed E-state index contributed by atoms with van der Waals surface area (Å²) in [6.45, 7) is 0. The molecule has 24 heavy (non-hydrogen) atoms. The highest BCUT2D eigenvalue weighted by Crippen LogP contribution is 2.61. The molecule has 4 saturated carbocycles. The predicted molar refractivity (Wildman–Crippen MR) is 101 cm³/mol. The summed E-state index contributed by atoms with van der Waals surface area (Å²) in [4.78, 5) is 12.5. The van der Waals surface area contributed by atoms with Crippen LogP contribution in [0.15, 0.2) is 24.3 Å². The van der Waals surface area contributed by atoms with Gasteiger partial charge in [0.25, 0.3) is 0 Å². The molecule has 4 aliphatic carbocycles. The maximum atomic E-state index is 12.5. The third kappa shape index (κ3) is 3.31. The van der Waals surface area contributed by atoms with Crippen LogP contribution in [0.4, 0.5) is 5.69 Å². The maximum absolute atomic E-state index is 12.5. The van der Waals surface area contributed by atoms with Gasteiger partial charge in [-0.2, -0.15) is 0 Å². The lowest BCUT2D eigenvalue weighted by atomic mass is 9.49. The number of carbonyl (C=O) groups is 1. The van der Waals surface area contributed by atoms with Crippen LogP contribution in [0.25, 0.3) is 0 Å². The Balaban J connectivity index is 1.35. The zero-order valence-electron chi connectivity index (χ0n) is 13.7. The Morgan fingerprint density at radius 2 is 1.71 bits per heavy atom. The fourth-order valence-electron chi connectivity index (χ4n) is 5.73. The number of carbonyl (C=O) groups excluding carboxylic acids is 1. The zero-order chi connectivity index (χ0) is 16.7. The van der Waals surface area contributed by atoms with Gasteiger partial charge in [-0.1, -0.05) is 23.7 Å². The van der Waals surface area contributed by atoms with E-state index >= 15 is 0 Å². The molecule has 2 N–H and O–H groups in total. The second kappa shape index (κ2) is 6.30. The molecule has 0 aromatic heterocycles. The van der Waals surface area contributed by atoms with Crippen LogP contribution in [0.3, 0.4) is 0 Å². The van der Waals surface area contributed by atoms with Crippen molar-refractivity contribution in [3.8, 4) is 0 Å². The molecule has 4 fully saturated rings. The van der Waals surface area contributed by atoms with Gasteiger partial charge in [0.2, 0.25) is 5.91 Å². The predicted octanol–water partition coefficient (Wildman–Crippen LogP) is 4.76. The third-order valence-corrected chi connectivity index (χ3v) is 6.61. The Hall–Kier alpha value is -1.13. The Kier molecular flexibility index (Phi) is 4.29. The standard InChI is InChI=1S/C19H23ClN2OS/c20-15-3-1-2-4-16(15)21-18(24)22-17(23)11-19-8-12-5-13(9-19)7-14(6-12)10-19/h1-4,12-14H,5-11H2,(H2,21,22,23,24). The van der Waals surface area contributed by atoms with E-state index in [0.717, 1.165) is 23.4 Å². The number of anilines is 1. The minimum absolute atomic E-state index is 0.0431. The lowest BCUT2D eigenvalue weighted by Gasteiger charge is -2.56. The Morgan fingerprint density at radius 3 is 2.29 bits per heavy atom. The number of hydrogen-bond donors (Lipinski definition) is 2. The van der Waals surface area contributed by atoms with Gasteiger partial charge in [-0.3, -0.25) is 4.79 Å². The SMILES string of the molecule is O=C(CC12CC3CC(CC(C3)C1)C2)NC(=S)Nc1ccccc1Cl. The van der Waals surface area contributed by atoms with Crippen LogP contribution >= 0.6 is 23.8 Å². The second-order valence-electron chi connectivity index (χ2n) is 8.08. The van der Waals surface area contributed by atoms with Crippen molar-refractivity contribution in [2.24, 2.45) is 23.2 Å². The van der Waals surface area contributed by atoms with Crippen molar-refractivity contribution in [3.05, 3.63) is 29.3 Å². The molecule has 0 aliphatic heterocycles. The van der Waals surface area contributed by atoms with E-state index in [2.05, 4.69) is 10.6 Å². The van der Waals surface area contributed by atoms with Gasteiger partial charge in [-0.25, -0.2) is 0 Å². The van der Waals surface area contributed by atoms with E-state index in [-0.39, 0.29) is 11.3 Å². The van der Waals surface area contributed by atoms with Gasteiger partial charge in [-0.15, -0.1) is 0 Å². The molecule has 0 radical (unpaired) electrons. The van der Waals surface area contributed by atoms with Gasteiger partial charge in [0.05, 0.1) is 10.7 Å². The Morgan fingerprint density at radius 1 is 1.12 bits per heavy atom. The number of halogens is 1. The van der Waals surface area contributed by atoms with E-state index in [0.29, 0.717) is 16.6 Å². The second-order valence-corrected chi connectivity index (χ2v) is 8.89. The van der Waals surface area contributed by atoms with E-state index in [9.17, 15) is 4.79 Å². The van der Waals surface area contributed by atoms with E-state index in [4.69, 9.17) is 23.8 Å². The summed E-state index contributed by atoms with van der Waals surface area (Å²) >= 11 is 11.4. The molecule has 1 aromatic carbocycles. The third-order valence-electron chi connectivity index (χ3n) is 6.08. The van der Waals surface area contributed by atoms with Gasteiger partial charge < -0.3 is 10.6 Å². The molecule has 5 rings (SSSR count). The zero-order valence-corrected chi connectivity index (χ0v) is 15.3. The lowest BCUT2D eigenvalue weighted by Crippen LogP contribution is -2.48. The summed E-state index contributed by atoms with van der Waals surface area (Å²) in [5, 5.41) is 6.79. The molecule has 3 nitrogen and oxygen atoms in total. The van der Waals surface area contributed by atoms with Gasteiger partial charge in [0, 0.05) is 6.42 Å². The largest absolute Gasteiger partial charge is 0.331 e. The molecular weight excluding hydrogens is 340 g/mol. The quantitative estimate of drug-likeness (QED) is 0.762. The van der Waals surface area contributed by atoms with Crippen LogP contribution in [0.5, 0.6) is 0 Å². The average Bonchev–Trinajstić information content (AvgIpc) is 2.47. The molecular formula is C19H23ClN2OS. The highest BCUT2D eigenvalue weighted by Gasteiger charge is 2.51. The summed E-state index contributed by atoms with van der Waals surface area (Å²) in [7, 11) is 0. The van der Waals surface area contributed by atoms with Gasteiger partial charge in [0.1, 0.15) is 0 Å². The smallest absolute Gasteiger partial charge is 0.226 e. The van der Waals surface area contributed by atoms with Crippen LogP contribution in [-0.4, -0.2) is 11.0 Å². The highest BCUT2D eigenvalue weighted by atomic mass is 35.5. The first-order chi connectivity index (χ1) is 11.5. The number of hydrogen-bond acceptors (Lipinski definition) is 2. The summed E-state index contributed by atoms with van der Waals surface area (Å²) < 4.78 is 0. The molecule has 0 heterocycles. The van der Waals surface area contributed by atoms with Crippen molar-refractivity contribution in [2.75, 3.05) is 5.32 Å². The van der Waals surface area contributed by atoms with Crippen molar-refractivity contribution < 1.29 is 4.79 Å². The average molecular weight is 363 g/mol. The normalized spacial score (nSPS) is 33.3. The van der Waals surface area contributed by atoms with Gasteiger partial charge in [0.15, 0.2) is 5.11 Å². The van der Waals surface area contributed by atoms with Crippen molar-refractivity contribution in [2.45, 2.75) is 44.9 Å². The first-order valence-electron chi connectivity index (χ1n) is 8.87. The van der Waals surface area contributed by atoms with Crippen molar-refractivity contribution in [1.82, 2.24) is 5.32 Å². The van der Waals surface area contributed by atoms with Crippen LogP contribution in [0.1, 0.15) is 44.9 Å². The molecule has 1 aromatic rings. The fraction of sp³-hybridized carbons (Fsp3) is 0.579. The summed E-state index contributed by atoms with van der Waals surface area (Å²) in [6, 6.07) is 7.39. The topological polar surface area (TPSA) is 41.1 Å². The van der Waals surface area contributed by atoms with Crippen LogP contribution in [-0.2, 0) is 4.79 Å². The van der Waals surface area contributed by atoms with Gasteiger partial charge in [-0.05, 0) is 86.0 Å². The number of rotatable bonds is 3. The molecule has 5 heteroatoms. The minimum Gasteiger partial charge on any atom is -0.331 e. The van der Waals surface area contributed by atoms with E-state index in [1.807, 2.05) is 18.2 Å². The Labute approximate surface area is 153 Å². The molecule has 0 saturated heterocycles. The molecule has 4 bridgehead atoms. The molecule has 0 spiro atoms. The number of para-hydroxylation sites is 1. The molecule has 0 atom stereocenters. The van der Waals surface area contributed by atoms with Crippen molar-refractivity contribution in [1.29, 1.82) is 0 Å². The van der Waals surface area contributed by atoms with Crippen LogP contribution in [0, 0.1) is 23.2 Å². The maximum Gasteiger partial charge on any atom is 0.226 e. The van der Waals surface area contributed by atoms with E-state index in [1.165, 1.54) is 38.5 Å². The minimum atomic E-state index is 0.0431. The molecule has 1 amide bonds. The first kappa shape index (κ1) is 16.3. The number of amides is 1. The molecule has 128 valence electrons. The summed E-state index contributed by atoms with van der Waals surface area (Å²) in [6.07, 6.45) is 8.50. The Bertz CT molecular complexity index is 640. The highest BCUT2D eigenvalue weighted by molar-refractivity contribution is 7.80. The first-order valence-corrected chi connectivity index (χ1v) is 9.65. The van der Waals surface area contributed by atoms with Crippen molar-refractivity contribution in [3.63, 3.8) is 0 Å². The van der Waals surface area contributed by atoms with E-state index in [1.54, 1.807) is 6.07 Å². The lowest BCUT2D eigenvalue weighted by molar-refractivity contribution is -0.127. The fourth-order valence-corrected chi connectivity index (χ4v) is 6.14. The summed E-state index contributed by atoms with van der Waals surface area (Å²) in [5.41, 5.74) is 0.957. The van der Waals surface area contributed by atoms with Crippen molar-refractivity contribution >= 4 is 40.5 Å². The molecule has 4 aliphatic rings. The number of thiocarbonyl (C=S) groups is 1. The van der Waals surface area contributed by atoms with E-state index < -0.39 is 0 Å². The van der Waals surface area contributed by atoms with Crippen LogP contribution < -0.4 is 10.6 Å². The van der Waals surface area contributed by atoms with Gasteiger partial charge >= 0.3 is 0 Å². The number of benzene rings is 1. The monoisotopic (exact) mass is 362 g/mol.